The normalized spacial score (nSPS) is 15.2. The van der Waals surface area contributed by atoms with Crippen LogP contribution in [0.2, 0.25) is 5.02 Å². The molecule has 2 aromatic rings. The van der Waals surface area contributed by atoms with Gasteiger partial charge >= 0.3 is 0 Å². The molecule has 6 heteroatoms. The molecule has 1 N–H and O–H groups in total. The van der Waals surface area contributed by atoms with Gasteiger partial charge in [0.1, 0.15) is 0 Å². The van der Waals surface area contributed by atoms with E-state index in [2.05, 4.69) is 15.1 Å². The predicted molar refractivity (Wildman–Crippen MR) is 107 cm³/mol. The maximum absolute atomic E-state index is 12.3. The molecule has 1 aliphatic rings. The number of piperazine rings is 1. The molecule has 0 bridgehead atoms. The number of amides is 1. The Kier molecular flexibility index (Phi) is 6.24. The molecule has 1 saturated heterocycles. The van der Waals surface area contributed by atoms with Crippen LogP contribution in [0.25, 0.3) is 0 Å². The van der Waals surface area contributed by atoms with Crippen molar-refractivity contribution in [2.24, 2.45) is 0 Å². The maximum atomic E-state index is 12.3. The summed E-state index contributed by atoms with van der Waals surface area (Å²) in [7, 11) is 0. The van der Waals surface area contributed by atoms with Crippen LogP contribution in [0.1, 0.15) is 0 Å². The molecule has 1 aliphatic heterocycles. The summed E-state index contributed by atoms with van der Waals surface area (Å²) in [6.07, 6.45) is 2.03. The lowest BCUT2D eigenvalue weighted by molar-refractivity contribution is -0.117. The highest BCUT2D eigenvalue weighted by Gasteiger charge is 2.20. The van der Waals surface area contributed by atoms with Crippen molar-refractivity contribution >= 4 is 40.6 Å². The van der Waals surface area contributed by atoms with Gasteiger partial charge in [-0.25, -0.2) is 0 Å². The molecular weight excluding hydrogens is 354 g/mol. The second kappa shape index (κ2) is 8.61. The number of halogens is 1. The lowest BCUT2D eigenvalue weighted by Crippen LogP contribution is -2.48. The standard InChI is InChI=1S/C19H22ClN3OS/c1-25-16-6-4-5-15(13-16)21-19(24)14-22-9-11-23(12-10-22)18-8-3-2-7-17(18)20/h2-8,13H,9-12,14H2,1H3,(H,21,24). The van der Waals surface area contributed by atoms with E-state index in [0.29, 0.717) is 6.54 Å². The Bertz CT molecular complexity index is 732. The Labute approximate surface area is 158 Å². The quantitative estimate of drug-likeness (QED) is 0.806. The number of nitrogens with zero attached hydrogens (tertiary/aromatic N) is 2. The van der Waals surface area contributed by atoms with Crippen LogP contribution in [-0.2, 0) is 4.79 Å². The van der Waals surface area contributed by atoms with Gasteiger partial charge in [0.05, 0.1) is 17.3 Å². The SMILES string of the molecule is CSc1cccc(NC(=O)CN2CCN(c3ccccc3Cl)CC2)c1. The van der Waals surface area contributed by atoms with Gasteiger partial charge in [0.15, 0.2) is 0 Å². The van der Waals surface area contributed by atoms with Crippen molar-refractivity contribution in [1.29, 1.82) is 0 Å². The van der Waals surface area contributed by atoms with E-state index >= 15 is 0 Å². The summed E-state index contributed by atoms with van der Waals surface area (Å²) in [5, 5.41) is 3.77. The summed E-state index contributed by atoms with van der Waals surface area (Å²) in [4.78, 5) is 17.9. The molecule has 2 aromatic carbocycles. The summed E-state index contributed by atoms with van der Waals surface area (Å²) in [5.41, 5.74) is 1.92. The maximum Gasteiger partial charge on any atom is 0.238 e. The minimum atomic E-state index is 0.0319. The molecule has 0 aromatic heterocycles. The number of para-hydroxylation sites is 1. The molecule has 0 atom stereocenters. The molecule has 0 spiro atoms. The molecule has 1 heterocycles. The molecule has 1 fully saturated rings. The van der Waals surface area contributed by atoms with Gasteiger partial charge in [0, 0.05) is 36.8 Å². The molecule has 0 radical (unpaired) electrons. The molecule has 0 saturated carbocycles. The fourth-order valence-electron chi connectivity index (χ4n) is 2.96. The first-order valence-electron chi connectivity index (χ1n) is 8.31. The Morgan fingerprint density at radius 1 is 1.12 bits per heavy atom. The molecule has 25 heavy (non-hydrogen) atoms. The average Bonchev–Trinajstić information content (AvgIpc) is 2.63. The van der Waals surface area contributed by atoms with Crippen molar-refractivity contribution in [3.63, 3.8) is 0 Å². The van der Waals surface area contributed by atoms with Crippen LogP contribution in [-0.4, -0.2) is 49.8 Å². The zero-order chi connectivity index (χ0) is 17.6. The van der Waals surface area contributed by atoms with Crippen molar-refractivity contribution < 1.29 is 4.79 Å². The number of carbonyl (C=O) groups excluding carboxylic acids is 1. The predicted octanol–water partition coefficient (Wildman–Crippen LogP) is 3.82. The average molecular weight is 376 g/mol. The highest BCUT2D eigenvalue weighted by Crippen LogP contribution is 2.26. The molecule has 4 nitrogen and oxygen atoms in total. The van der Waals surface area contributed by atoms with Crippen molar-refractivity contribution in [3.05, 3.63) is 53.6 Å². The summed E-state index contributed by atoms with van der Waals surface area (Å²) in [5.74, 6) is 0.0319. The summed E-state index contributed by atoms with van der Waals surface area (Å²) in [6, 6.07) is 15.8. The van der Waals surface area contributed by atoms with Crippen LogP contribution in [0.5, 0.6) is 0 Å². The van der Waals surface area contributed by atoms with Gasteiger partial charge in [0.25, 0.3) is 0 Å². The second-order valence-corrected chi connectivity index (χ2v) is 7.28. The van der Waals surface area contributed by atoms with E-state index in [4.69, 9.17) is 11.6 Å². The number of anilines is 2. The molecule has 0 unspecified atom stereocenters. The van der Waals surface area contributed by atoms with Crippen molar-refractivity contribution in [3.8, 4) is 0 Å². The third-order valence-electron chi connectivity index (χ3n) is 4.29. The van der Waals surface area contributed by atoms with Crippen molar-refractivity contribution in [2.75, 3.05) is 49.2 Å². The first-order chi connectivity index (χ1) is 12.2. The van der Waals surface area contributed by atoms with Crippen LogP contribution in [0, 0.1) is 0 Å². The molecule has 132 valence electrons. The van der Waals surface area contributed by atoms with Crippen LogP contribution >= 0.6 is 23.4 Å². The van der Waals surface area contributed by atoms with E-state index < -0.39 is 0 Å². The van der Waals surface area contributed by atoms with E-state index in [1.54, 1.807) is 11.8 Å². The highest BCUT2D eigenvalue weighted by molar-refractivity contribution is 7.98. The monoisotopic (exact) mass is 375 g/mol. The van der Waals surface area contributed by atoms with Gasteiger partial charge in [-0.3, -0.25) is 9.69 Å². The second-order valence-electron chi connectivity index (χ2n) is 5.99. The smallest absolute Gasteiger partial charge is 0.238 e. The van der Waals surface area contributed by atoms with Crippen LogP contribution in [0.4, 0.5) is 11.4 Å². The molecule has 3 rings (SSSR count). The minimum Gasteiger partial charge on any atom is -0.368 e. The third-order valence-corrected chi connectivity index (χ3v) is 5.33. The number of carbonyl (C=O) groups is 1. The molecule has 0 aliphatic carbocycles. The number of hydrogen-bond acceptors (Lipinski definition) is 4. The highest BCUT2D eigenvalue weighted by atomic mass is 35.5. The van der Waals surface area contributed by atoms with E-state index in [0.717, 1.165) is 47.5 Å². The minimum absolute atomic E-state index is 0.0319. The van der Waals surface area contributed by atoms with Gasteiger partial charge in [-0.05, 0) is 36.6 Å². The zero-order valence-electron chi connectivity index (χ0n) is 14.2. The number of rotatable bonds is 5. The number of thioether (sulfide) groups is 1. The first kappa shape index (κ1) is 18.1. The van der Waals surface area contributed by atoms with Gasteiger partial charge in [0.2, 0.25) is 5.91 Å². The Morgan fingerprint density at radius 2 is 1.88 bits per heavy atom. The van der Waals surface area contributed by atoms with E-state index in [9.17, 15) is 4.79 Å². The molecular formula is C19H22ClN3OS. The number of benzene rings is 2. The van der Waals surface area contributed by atoms with Crippen LogP contribution in [0.15, 0.2) is 53.4 Å². The number of hydrogen-bond donors (Lipinski definition) is 1. The summed E-state index contributed by atoms with van der Waals surface area (Å²) >= 11 is 7.94. The van der Waals surface area contributed by atoms with Crippen LogP contribution in [0.3, 0.4) is 0 Å². The Balaban J connectivity index is 1.50. The van der Waals surface area contributed by atoms with Crippen LogP contribution < -0.4 is 10.2 Å². The zero-order valence-corrected chi connectivity index (χ0v) is 15.8. The first-order valence-corrected chi connectivity index (χ1v) is 9.92. The number of nitrogens with one attached hydrogen (secondary N) is 1. The van der Waals surface area contributed by atoms with E-state index in [1.807, 2.05) is 54.8 Å². The summed E-state index contributed by atoms with van der Waals surface area (Å²) in [6.45, 7) is 3.87. The van der Waals surface area contributed by atoms with E-state index in [1.165, 1.54) is 0 Å². The van der Waals surface area contributed by atoms with Gasteiger partial charge in [-0.2, -0.15) is 0 Å². The van der Waals surface area contributed by atoms with E-state index in [-0.39, 0.29) is 5.91 Å². The topological polar surface area (TPSA) is 35.6 Å². The third kappa shape index (κ3) is 4.91. The Hall–Kier alpha value is -1.69. The lowest BCUT2D eigenvalue weighted by Gasteiger charge is -2.36. The fraction of sp³-hybridized carbons (Fsp3) is 0.316. The lowest BCUT2D eigenvalue weighted by atomic mass is 10.2. The van der Waals surface area contributed by atoms with Crippen molar-refractivity contribution in [1.82, 2.24) is 4.90 Å². The largest absolute Gasteiger partial charge is 0.368 e. The molecule has 1 amide bonds. The van der Waals surface area contributed by atoms with Gasteiger partial charge < -0.3 is 10.2 Å². The fourth-order valence-corrected chi connectivity index (χ4v) is 3.67. The van der Waals surface area contributed by atoms with Gasteiger partial charge in [-0.15, -0.1) is 11.8 Å². The van der Waals surface area contributed by atoms with Gasteiger partial charge in [-0.1, -0.05) is 29.8 Å². The summed E-state index contributed by atoms with van der Waals surface area (Å²) < 4.78 is 0. The van der Waals surface area contributed by atoms with Crippen molar-refractivity contribution in [2.45, 2.75) is 4.90 Å². The Morgan fingerprint density at radius 3 is 2.60 bits per heavy atom.